The van der Waals surface area contributed by atoms with Crippen LogP contribution in [0.5, 0.6) is 0 Å². The van der Waals surface area contributed by atoms with Crippen LogP contribution in [-0.2, 0) is 6.42 Å². The molecule has 1 fully saturated rings. The molecule has 16 heavy (non-hydrogen) atoms. The van der Waals surface area contributed by atoms with Gasteiger partial charge < -0.3 is 0 Å². The number of halogens is 1. The molecule has 3 rings (SSSR count). The number of nitroso groups, excluding NO2 is 1. The molecule has 2 unspecified atom stereocenters. The molecule has 84 valence electrons. The van der Waals surface area contributed by atoms with E-state index in [1.54, 1.807) is 11.1 Å². The number of hydrogen-bond donors (Lipinski definition) is 0. The fourth-order valence-corrected chi connectivity index (χ4v) is 3.10. The fourth-order valence-electron chi connectivity index (χ4n) is 3.10. The van der Waals surface area contributed by atoms with Gasteiger partial charge in [-0.05, 0) is 47.9 Å². The van der Waals surface area contributed by atoms with Crippen molar-refractivity contribution in [3.05, 3.63) is 40.1 Å². The summed E-state index contributed by atoms with van der Waals surface area (Å²) in [6.07, 6.45) is 1.83. The van der Waals surface area contributed by atoms with E-state index in [9.17, 15) is 9.30 Å². The van der Waals surface area contributed by atoms with Crippen molar-refractivity contribution < 1.29 is 4.39 Å². The lowest BCUT2D eigenvalue weighted by molar-refractivity contribution is 0.166. The van der Waals surface area contributed by atoms with E-state index in [-0.39, 0.29) is 5.82 Å². The minimum absolute atomic E-state index is 0.164. The average molecular weight is 220 g/mol. The summed E-state index contributed by atoms with van der Waals surface area (Å²) in [5.41, 5.74) is 2.39. The van der Waals surface area contributed by atoms with Gasteiger partial charge in [-0.25, -0.2) is 4.39 Å². The maximum absolute atomic E-state index is 13.1. The molecule has 1 aromatic rings. The Morgan fingerprint density at radius 3 is 3.12 bits per heavy atom. The van der Waals surface area contributed by atoms with Gasteiger partial charge in [-0.2, -0.15) is 0 Å². The van der Waals surface area contributed by atoms with Gasteiger partial charge in [-0.15, -0.1) is 4.91 Å². The lowest BCUT2D eigenvalue weighted by atomic mass is 9.86. The van der Waals surface area contributed by atoms with E-state index >= 15 is 0 Å². The van der Waals surface area contributed by atoms with Crippen molar-refractivity contribution in [2.24, 2.45) is 11.2 Å². The van der Waals surface area contributed by atoms with Gasteiger partial charge >= 0.3 is 0 Å². The summed E-state index contributed by atoms with van der Waals surface area (Å²) in [6, 6.07) is 5.07. The fraction of sp³-hybridized carbons (Fsp3) is 0.500. The number of rotatable bonds is 1. The summed E-state index contributed by atoms with van der Waals surface area (Å²) in [5, 5.41) is 4.58. The second-order valence-corrected chi connectivity index (χ2v) is 4.70. The monoisotopic (exact) mass is 220 g/mol. The first-order chi connectivity index (χ1) is 7.78. The number of benzene rings is 1. The summed E-state index contributed by atoms with van der Waals surface area (Å²) in [6.45, 7) is 1.44. The van der Waals surface area contributed by atoms with Crippen molar-refractivity contribution in [2.45, 2.75) is 18.8 Å². The van der Waals surface area contributed by atoms with Gasteiger partial charge in [-0.3, -0.25) is 5.01 Å². The molecule has 0 amide bonds. The van der Waals surface area contributed by atoms with E-state index < -0.39 is 0 Å². The minimum Gasteiger partial charge on any atom is -0.261 e. The van der Waals surface area contributed by atoms with Gasteiger partial charge in [0.2, 0.25) is 0 Å². The Labute approximate surface area is 93.2 Å². The molecule has 0 N–H and O–H groups in total. The van der Waals surface area contributed by atoms with Crippen molar-refractivity contribution in [2.75, 3.05) is 13.1 Å². The Balaban J connectivity index is 1.90. The largest absolute Gasteiger partial charge is 0.261 e. The zero-order valence-electron chi connectivity index (χ0n) is 8.90. The summed E-state index contributed by atoms with van der Waals surface area (Å²) in [7, 11) is 0. The standard InChI is InChI=1S/C12H13FN2O/c13-10-1-2-11-8(6-10)5-9-7-15(14-16)4-3-12(9)11/h1-2,6,9,12H,3-5,7H2. The van der Waals surface area contributed by atoms with E-state index in [1.165, 1.54) is 11.6 Å². The van der Waals surface area contributed by atoms with Crippen LogP contribution in [0.4, 0.5) is 4.39 Å². The molecule has 3 nitrogen and oxygen atoms in total. The highest BCUT2D eigenvalue weighted by Crippen LogP contribution is 2.43. The van der Waals surface area contributed by atoms with E-state index in [2.05, 4.69) is 5.29 Å². The molecule has 1 heterocycles. The van der Waals surface area contributed by atoms with Crippen LogP contribution in [-0.4, -0.2) is 18.1 Å². The van der Waals surface area contributed by atoms with Gasteiger partial charge in [0.15, 0.2) is 0 Å². The molecule has 0 bridgehead atoms. The highest BCUT2D eigenvalue weighted by Gasteiger charge is 2.37. The normalized spacial score (nSPS) is 27.4. The third kappa shape index (κ3) is 1.40. The Hall–Kier alpha value is -1.45. The minimum atomic E-state index is -0.164. The lowest BCUT2D eigenvalue weighted by Crippen LogP contribution is -2.34. The highest BCUT2D eigenvalue weighted by molar-refractivity contribution is 5.37. The van der Waals surface area contributed by atoms with E-state index in [0.717, 1.165) is 24.9 Å². The molecule has 1 aliphatic heterocycles. The van der Waals surface area contributed by atoms with Crippen LogP contribution in [0.3, 0.4) is 0 Å². The van der Waals surface area contributed by atoms with Crippen LogP contribution in [0.1, 0.15) is 23.5 Å². The zero-order valence-corrected chi connectivity index (χ0v) is 8.90. The average Bonchev–Trinajstić information content (AvgIpc) is 2.64. The topological polar surface area (TPSA) is 32.7 Å². The Morgan fingerprint density at radius 1 is 1.44 bits per heavy atom. The molecule has 4 heteroatoms. The number of nitrogens with zero attached hydrogens (tertiary/aromatic N) is 2. The Bertz CT molecular complexity index is 435. The predicted molar refractivity (Wildman–Crippen MR) is 58.3 cm³/mol. The number of hydrogen-bond acceptors (Lipinski definition) is 2. The van der Waals surface area contributed by atoms with Crippen molar-refractivity contribution in [3.8, 4) is 0 Å². The van der Waals surface area contributed by atoms with E-state index in [0.29, 0.717) is 18.4 Å². The van der Waals surface area contributed by atoms with Crippen LogP contribution >= 0.6 is 0 Å². The summed E-state index contributed by atoms with van der Waals surface area (Å²) in [5.74, 6) is 0.764. The smallest absolute Gasteiger partial charge is 0.123 e. The molecule has 1 aromatic carbocycles. The van der Waals surface area contributed by atoms with Crippen molar-refractivity contribution >= 4 is 0 Å². The van der Waals surface area contributed by atoms with Crippen molar-refractivity contribution in [3.63, 3.8) is 0 Å². The maximum Gasteiger partial charge on any atom is 0.123 e. The predicted octanol–water partition coefficient (Wildman–Crippen LogP) is 2.47. The quantitative estimate of drug-likeness (QED) is 0.681. The van der Waals surface area contributed by atoms with Crippen molar-refractivity contribution in [1.29, 1.82) is 0 Å². The molecular weight excluding hydrogens is 207 g/mol. The van der Waals surface area contributed by atoms with Crippen LogP contribution in [0.25, 0.3) is 0 Å². The molecule has 1 saturated heterocycles. The van der Waals surface area contributed by atoms with Gasteiger partial charge in [0, 0.05) is 13.1 Å². The third-order valence-electron chi connectivity index (χ3n) is 3.81. The van der Waals surface area contributed by atoms with Crippen LogP contribution in [0, 0.1) is 16.6 Å². The number of piperidine rings is 1. The van der Waals surface area contributed by atoms with Gasteiger partial charge in [0.25, 0.3) is 0 Å². The maximum atomic E-state index is 13.1. The Morgan fingerprint density at radius 2 is 2.31 bits per heavy atom. The summed E-state index contributed by atoms with van der Waals surface area (Å²) >= 11 is 0. The first-order valence-electron chi connectivity index (χ1n) is 5.64. The summed E-state index contributed by atoms with van der Waals surface area (Å²) in [4.78, 5) is 10.5. The molecular formula is C12H13FN2O. The first-order valence-corrected chi connectivity index (χ1v) is 5.64. The van der Waals surface area contributed by atoms with E-state index in [1.807, 2.05) is 6.07 Å². The molecule has 2 atom stereocenters. The van der Waals surface area contributed by atoms with Crippen molar-refractivity contribution in [1.82, 2.24) is 5.01 Å². The number of fused-ring (bicyclic) bond motifs is 3. The first kappa shape index (κ1) is 9.75. The lowest BCUT2D eigenvalue weighted by Gasteiger charge is -2.31. The van der Waals surface area contributed by atoms with Crippen LogP contribution in [0.2, 0.25) is 0 Å². The van der Waals surface area contributed by atoms with E-state index in [4.69, 9.17) is 0 Å². The molecule has 0 aromatic heterocycles. The third-order valence-corrected chi connectivity index (χ3v) is 3.81. The van der Waals surface area contributed by atoms with Crippen LogP contribution < -0.4 is 0 Å². The molecule has 1 aliphatic carbocycles. The highest BCUT2D eigenvalue weighted by atomic mass is 19.1. The van der Waals surface area contributed by atoms with Crippen LogP contribution in [0.15, 0.2) is 23.5 Å². The second kappa shape index (κ2) is 3.54. The molecule has 0 radical (unpaired) electrons. The molecule has 0 saturated carbocycles. The van der Waals surface area contributed by atoms with Gasteiger partial charge in [0.05, 0.1) is 5.29 Å². The summed E-state index contributed by atoms with van der Waals surface area (Å²) < 4.78 is 13.1. The molecule has 0 spiro atoms. The zero-order chi connectivity index (χ0) is 11.1. The van der Waals surface area contributed by atoms with Gasteiger partial charge in [0.1, 0.15) is 5.82 Å². The SMILES string of the molecule is O=NN1CCC2c3ccc(F)cc3CC2C1. The van der Waals surface area contributed by atoms with Gasteiger partial charge in [-0.1, -0.05) is 6.07 Å². The second-order valence-electron chi connectivity index (χ2n) is 4.70. The Kier molecular flexibility index (Phi) is 2.16. The molecule has 2 aliphatic rings.